The summed E-state index contributed by atoms with van der Waals surface area (Å²) >= 11 is 0. The van der Waals surface area contributed by atoms with Crippen molar-refractivity contribution >= 4 is 28.9 Å². The lowest BCUT2D eigenvalue weighted by atomic mass is 10.3. The Morgan fingerprint density at radius 1 is 1.25 bits per heavy atom. The minimum absolute atomic E-state index is 0.0194. The van der Waals surface area contributed by atoms with Crippen LogP contribution in [0.5, 0.6) is 5.75 Å². The summed E-state index contributed by atoms with van der Waals surface area (Å²) in [6.45, 7) is 0. The summed E-state index contributed by atoms with van der Waals surface area (Å²) in [6.07, 6.45) is 0. The van der Waals surface area contributed by atoms with Gasteiger partial charge >= 0.3 is 11.9 Å². The maximum atomic E-state index is 11.2. The Labute approximate surface area is 88.3 Å². The summed E-state index contributed by atoms with van der Waals surface area (Å²) in [6, 6.07) is 4.81. The Kier molecular flexibility index (Phi) is 1.48. The van der Waals surface area contributed by atoms with Crippen molar-refractivity contribution in [1.29, 1.82) is 0 Å². The number of hydrogen-bond acceptors (Lipinski definition) is 6. The van der Waals surface area contributed by atoms with Crippen LogP contribution in [-0.2, 0) is 9.59 Å². The van der Waals surface area contributed by atoms with Gasteiger partial charge in [-0.3, -0.25) is 0 Å². The molecule has 1 aliphatic heterocycles. The van der Waals surface area contributed by atoms with Crippen LogP contribution in [0.15, 0.2) is 18.2 Å². The lowest BCUT2D eigenvalue weighted by Crippen LogP contribution is -2.32. The number of carbonyl (C=O) groups excluding carboxylic acids is 2. The molecular formula is C9H5N3O4. The fraction of sp³-hybridized carbons (Fsp3) is 0. The lowest BCUT2D eigenvalue weighted by molar-refractivity contribution is -0.162. The van der Waals surface area contributed by atoms with Gasteiger partial charge < -0.3 is 15.3 Å². The zero-order valence-corrected chi connectivity index (χ0v) is 7.84. The largest absolute Gasteiger partial charge is 0.442 e. The summed E-state index contributed by atoms with van der Waals surface area (Å²) in [5, 5.41) is 0. The number of benzene rings is 1. The fourth-order valence-corrected chi connectivity index (χ4v) is 1.51. The Bertz CT molecular complexity index is 631. The average molecular weight is 219 g/mol. The van der Waals surface area contributed by atoms with Crippen molar-refractivity contribution in [3.63, 3.8) is 0 Å². The molecule has 7 heteroatoms. The number of para-hydroxylation sites is 1. The van der Waals surface area contributed by atoms with E-state index in [0.29, 0.717) is 11.0 Å². The number of imidazole rings is 1. The van der Waals surface area contributed by atoms with Crippen LogP contribution in [-0.4, -0.2) is 21.7 Å². The highest BCUT2D eigenvalue weighted by Crippen LogP contribution is 2.27. The number of nitrogen functional groups attached to an aromatic ring is 1. The lowest BCUT2D eigenvalue weighted by Gasteiger charge is -2.09. The smallest absolute Gasteiger partial charge is 0.416 e. The maximum Gasteiger partial charge on any atom is 0.442 e. The number of nitrogens with two attached hydrogens (primary N) is 1. The summed E-state index contributed by atoms with van der Waals surface area (Å²) in [7, 11) is 0. The van der Waals surface area contributed by atoms with Gasteiger partial charge in [0.05, 0.1) is 0 Å². The van der Waals surface area contributed by atoms with Gasteiger partial charge in [0.2, 0.25) is 5.95 Å². The highest BCUT2D eigenvalue weighted by atomic mass is 16.7. The Balaban J connectivity index is 2.41. The number of nitrogens with zero attached hydrogens (tertiary/aromatic N) is 2. The molecule has 0 amide bonds. The molecule has 2 heterocycles. The third kappa shape index (κ3) is 0.991. The van der Waals surface area contributed by atoms with E-state index in [-0.39, 0.29) is 11.7 Å². The third-order valence-electron chi connectivity index (χ3n) is 2.17. The molecule has 2 aromatic rings. The normalized spacial score (nSPS) is 14.5. The van der Waals surface area contributed by atoms with E-state index >= 15 is 0 Å². The SMILES string of the molecule is Nc1nc2c3cccc2n1OC(=O)C(=O)O3. The monoisotopic (exact) mass is 219 g/mol. The van der Waals surface area contributed by atoms with Crippen LogP contribution < -0.4 is 15.3 Å². The molecule has 0 fully saturated rings. The van der Waals surface area contributed by atoms with Gasteiger partial charge in [0.1, 0.15) is 11.0 Å². The first-order valence-corrected chi connectivity index (χ1v) is 4.38. The van der Waals surface area contributed by atoms with E-state index < -0.39 is 11.9 Å². The van der Waals surface area contributed by atoms with E-state index in [0.717, 1.165) is 4.73 Å². The second-order valence-corrected chi connectivity index (χ2v) is 3.16. The molecule has 80 valence electrons. The van der Waals surface area contributed by atoms with Crippen LogP contribution in [0.4, 0.5) is 5.95 Å². The van der Waals surface area contributed by atoms with Crippen molar-refractivity contribution in [3.05, 3.63) is 18.2 Å². The van der Waals surface area contributed by atoms with Gasteiger partial charge in [0, 0.05) is 0 Å². The molecule has 2 N–H and O–H groups in total. The van der Waals surface area contributed by atoms with Crippen LogP contribution >= 0.6 is 0 Å². The average Bonchev–Trinajstić information content (AvgIpc) is 2.58. The summed E-state index contributed by atoms with van der Waals surface area (Å²) in [5.74, 6) is -2.08. The molecule has 1 aromatic carbocycles. The molecule has 0 saturated heterocycles. The molecule has 7 nitrogen and oxygen atoms in total. The first-order chi connectivity index (χ1) is 7.66. The van der Waals surface area contributed by atoms with Gasteiger partial charge in [-0.05, 0) is 12.1 Å². The Morgan fingerprint density at radius 3 is 2.88 bits per heavy atom. The van der Waals surface area contributed by atoms with Crippen molar-refractivity contribution in [3.8, 4) is 5.75 Å². The summed E-state index contributed by atoms with van der Waals surface area (Å²) < 4.78 is 5.80. The first kappa shape index (κ1) is 8.72. The van der Waals surface area contributed by atoms with Crippen molar-refractivity contribution in [2.45, 2.75) is 0 Å². The zero-order chi connectivity index (χ0) is 11.3. The summed E-state index contributed by atoms with van der Waals surface area (Å²) in [5.41, 5.74) is 6.40. The Morgan fingerprint density at radius 2 is 2.06 bits per heavy atom. The molecule has 0 spiro atoms. The number of anilines is 1. The maximum absolute atomic E-state index is 11.2. The number of esters is 1. The number of aromatic nitrogens is 2. The molecule has 1 aromatic heterocycles. The van der Waals surface area contributed by atoms with Crippen molar-refractivity contribution in [2.75, 3.05) is 5.73 Å². The van der Waals surface area contributed by atoms with E-state index in [4.69, 9.17) is 15.3 Å². The molecular weight excluding hydrogens is 214 g/mol. The number of hydrogen-bond donors (Lipinski definition) is 1. The van der Waals surface area contributed by atoms with Gasteiger partial charge in [-0.15, -0.1) is 4.73 Å². The molecule has 0 atom stereocenters. The zero-order valence-electron chi connectivity index (χ0n) is 7.84. The van der Waals surface area contributed by atoms with Gasteiger partial charge in [-0.1, -0.05) is 6.07 Å². The fourth-order valence-electron chi connectivity index (χ4n) is 1.51. The number of ether oxygens (including phenoxy) is 1. The molecule has 3 rings (SSSR count). The highest BCUT2D eigenvalue weighted by molar-refractivity contribution is 6.31. The predicted octanol–water partition coefficient (Wildman–Crippen LogP) is -0.507. The van der Waals surface area contributed by atoms with E-state index in [1.165, 1.54) is 6.07 Å². The third-order valence-corrected chi connectivity index (χ3v) is 2.17. The van der Waals surface area contributed by atoms with Gasteiger partial charge in [0.25, 0.3) is 0 Å². The van der Waals surface area contributed by atoms with E-state index in [2.05, 4.69) is 4.98 Å². The van der Waals surface area contributed by atoms with Crippen LogP contribution in [0.3, 0.4) is 0 Å². The number of carbonyl (C=O) groups is 2. The number of rotatable bonds is 0. The van der Waals surface area contributed by atoms with Crippen LogP contribution in [0.2, 0.25) is 0 Å². The van der Waals surface area contributed by atoms with Crippen LogP contribution in [0.1, 0.15) is 0 Å². The van der Waals surface area contributed by atoms with Gasteiger partial charge in [-0.2, -0.15) is 0 Å². The van der Waals surface area contributed by atoms with E-state index in [1.54, 1.807) is 12.1 Å². The predicted molar refractivity (Wildman–Crippen MR) is 51.4 cm³/mol. The van der Waals surface area contributed by atoms with Crippen molar-refractivity contribution in [2.24, 2.45) is 0 Å². The minimum atomic E-state index is -1.14. The first-order valence-electron chi connectivity index (χ1n) is 4.38. The van der Waals surface area contributed by atoms with Gasteiger partial charge in [0.15, 0.2) is 5.75 Å². The van der Waals surface area contributed by atoms with Crippen molar-refractivity contribution in [1.82, 2.24) is 9.71 Å². The molecule has 0 saturated carbocycles. The van der Waals surface area contributed by atoms with Crippen LogP contribution in [0.25, 0.3) is 11.0 Å². The van der Waals surface area contributed by atoms with E-state index in [9.17, 15) is 9.59 Å². The van der Waals surface area contributed by atoms with E-state index in [1.807, 2.05) is 0 Å². The quantitative estimate of drug-likeness (QED) is 0.364. The van der Waals surface area contributed by atoms with Crippen LogP contribution in [0, 0.1) is 0 Å². The topological polar surface area (TPSA) is 96.4 Å². The molecule has 0 aliphatic carbocycles. The highest BCUT2D eigenvalue weighted by Gasteiger charge is 2.27. The summed E-state index contributed by atoms with van der Waals surface area (Å²) in [4.78, 5) is 31.1. The van der Waals surface area contributed by atoms with Crippen molar-refractivity contribution < 1.29 is 19.2 Å². The molecule has 0 unspecified atom stereocenters. The molecule has 1 aliphatic rings. The molecule has 16 heavy (non-hydrogen) atoms. The molecule has 0 radical (unpaired) electrons. The second kappa shape index (κ2) is 2.72. The standard InChI is InChI=1S/C9H5N3O4/c10-9-11-6-4-2-1-3-5(6)15-7(13)8(14)16-12(4)9/h1-3H,(H2,10,11). The molecule has 4 bridgehead atoms. The second-order valence-electron chi connectivity index (χ2n) is 3.16. The van der Waals surface area contributed by atoms with Gasteiger partial charge in [-0.25, -0.2) is 14.6 Å². The Hall–Kier alpha value is -2.57. The minimum Gasteiger partial charge on any atom is -0.416 e.